The molecule has 2 aromatic rings. The predicted molar refractivity (Wildman–Crippen MR) is 107 cm³/mol. The van der Waals surface area contributed by atoms with Crippen LogP contribution in [-0.2, 0) is 9.59 Å². The monoisotopic (exact) mass is 412 g/mol. The third-order valence-corrected chi connectivity index (χ3v) is 5.16. The molecule has 0 aliphatic carbocycles. The van der Waals surface area contributed by atoms with E-state index in [1.54, 1.807) is 48.5 Å². The van der Waals surface area contributed by atoms with E-state index >= 15 is 0 Å². The fourth-order valence-electron chi connectivity index (χ4n) is 2.52. The number of aliphatic carboxylic acids is 1. The lowest BCUT2D eigenvalue weighted by Gasteiger charge is -2.14. The van der Waals surface area contributed by atoms with Gasteiger partial charge in [-0.05, 0) is 42.8 Å². The van der Waals surface area contributed by atoms with Gasteiger partial charge in [0.1, 0.15) is 10.1 Å². The van der Waals surface area contributed by atoms with Crippen LogP contribution in [0.25, 0.3) is 6.08 Å². The molecule has 3 rings (SSSR count). The molecule has 0 saturated carbocycles. The lowest BCUT2D eigenvalue weighted by molar-refractivity contribution is -0.305. The number of carbonyl (C=O) groups is 3. The maximum Gasteiger partial charge on any atom is 0.343 e. The highest BCUT2D eigenvalue weighted by atomic mass is 32.2. The van der Waals surface area contributed by atoms with Crippen LogP contribution >= 0.6 is 24.0 Å². The summed E-state index contributed by atoms with van der Waals surface area (Å²) in [5.41, 5.74) is 2.00. The number of rotatable bonds is 5. The molecule has 0 atom stereocenters. The summed E-state index contributed by atoms with van der Waals surface area (Å²) < 4.78 is 5.56. The number of carboxylic acid groups (broad SMARTS) is 1. The van der Waals surface area contributed by atoms with Gasteiger partial charge in [-0.25, -0.2) is 4.79 Å². The summed E-state index contributed by atoms with van der Waals surface area (Å²) in [6.07, 6.45) is 1.57. The molecule has 0 N–H and O–H groups in total. The smallest absolute Gasteiger partial charge is 0.343 e. The number of hydrogen-bond acceptors (Lipinski definition) is 7. The van der Waals surface area contributed by atoms with Crippen LogP contribution in [-0.4, -0.2) is 33.6 Å². The van der Waals surface area contributed by atoms with E-state index in [9.17, 15) is 19.5 Å². The molecule has 142 valence electrons. The zero-order chi connectivity index (χ0) is 20.3. The number of hydrogen-bond donors (Lipinski definition) is 0. The van der Waals surface area contributed by atoms with Gasteiger partial charge in [0.25, 0.3) is 5.91 Å². The highest BCUT2D eigenvalue weighted by Gasteiger charge is 2.31. The number of thiocarbonyl (C=S) groups is 1. The minimum atomic E-state index is -1.39. The van der Waals surface area contributed by atoms with Crippen LogP contribution in [0.5, 0.6) is 5.75 Å². The molecule has 6 nitrogen and oxygen atoms in total. The summed E-state index contributed by atoms with van der Waals surface area (Å²) in [4.78, 5) is 36.6. The highest BCUT2D eigenvalue weighted by Crippen LogP contribution is 2.32. The molecule has 1 aliphatic rings. The molecule has 1 aliphatic heterocycles. The number of ether oxygens (including phenoxy) is 1. The summed E-state index contributed by atoms with van der Waals surface area (Å²) in [6, 6.07) is 13.7. The number of carbonyl (C=O) groups excluding carboxylic acids is 3. The molecule has 0 bridgehead atoms. The fraction of sp³-hybridized carbons (Fsp3) is 0.100. The summed E-state index contributed by atoms with van der Waals surface area (Å²) in [6.45, 7) is 1.30. The van der Waals surface area contributed by atoms with Gasteiger partial charge in [0.15, 0.2) is 0 Å². The molecule has 0 radical (unpaired) electrons. The average molecular weight is 412 g/mol. The first-order valence-corrected chi connectivity index (χ1v) is 9.40. The van der Waals surface area contributed by atoms with Crippen molar-refractivity contribution < 1.29 is 24.2 Å². The largest absolute Gasteiger partial charge is 0.548 e. The number of nitrogens with zero attached hydrogens (tertiary/aromatic N) is 1. The molecule has 1 saturated heterocycles. The van der Waals surface area contributed by atoms with Gasteiger partial charge in [-0.15, -0.1) is 0 Å². The van der Waals surface area contributed by atoms with Crippen molar-refractivity contribution in [3.63, 3.8) is 0 Å². The van der Waals surface area contributed by atoms with Gasteiger partial charge in [-0.3, -0.25) is 9.69 Å². The maximum atomic E-state index is 12.3. The Bertz CT molecular complexity index is 1020. The Morgan fingerprint density at radius 1 is 1.21 bits per heavy atom. The minimum Gasteiger partial charge on any atom is -0.548 e. The summed E-state index contributed by atoms with van der Waals surface area (Å²) in [7, 11) is 0. The van der Waals surface area contributed by atoms with E-state index in [1.807, 2.05) is 13.0 Å². The summed E-state index contributed by atoms with van der Waals surface area (Å²) >= 11 is 6.05. The van der Waals surface area contributed by atoms with E-state index < -0.39 is 24.4 Å². The van der Waals surface area contributed by atoms with E-state index in [-0.39, 0.29) is 9.23 Å². The topological polar surface area (TPSA) is 86.7 Å². The Labute approximate surface area is 170 Å². The summed E-state index contributed by atoms with van der Waals surface area (Å²) in [5, 5.41) is 10.8. The third-order valence-electron chi connectivity index (χ3n) is 3.78. The highest BCUT2D eigenvalue weighted by molar-refractivity contribution is 8.26. The van der Waals surface area contributed by atoms with Crippen molar-refractivity contribution in [2.45, 2.75) is 6.92 Å². The SMILES string of the molecule is Cc1cccc(C(=O)Oc2cccc(/C=C3\SC(=S)N(CC(=O)[O-])C3=O)c2)c1. The molecular formula is C20H14NO5S2-. The van der Waals surface area contributed by atoms with Gasteiger partial charge in [0, 0.05) is 0 Å². The van der Waals surface area contributed by atoms with Gasteiger partial charge >= 0.3 is 5.97 Å². The van der Waals surface area contributed by atoms with Crippen molar-refractivity contribution in [3.8, 4) is 5.75 Å². The summed E-state index contributed by atoms with van der Waals surface area (Å²) in [5.74, 6) is -2.05. The Morgan fingerprint density at radius 2 is 1.96 bits per heavy atom. The van der Waals surface area contributed by atoms with Crippen LogP contribution in [0.4, 0.5) is 0 Å². The zero-order valence-corrected chi connectivity index (χ0v) is 16.3. The van der Waals surface area contributed by atoms with Gasteiger partial charge in [-0.2, -0.15) is 0 Å². The second-order valence-electron chi connectivity index (χ2n) is 5.97. The van der Waals surface area contributed by atoms with Crippen LogP contribution < -0.4 is 9.84 Å². The molecule has 1 amide bonds. The Hall–Kier alpha value is -2.97. The molecule has 28 heavy (non-hydrogen) atoms. The first-order valence-electron chi connectivity index (χ1n) is 8.17. The minimum absolute atomic E-state index is 0.155. The van der Waals surface area contributed by atoms with Gasteiger partial charge in [0.2, 0.25) is 0 Å². The van der Waals surface area contributed by atoms with E-state index in [2.05, 4.69) is 0 Å². The molecule has 1 fully saturated rings. The lowest BCUT2D eigenvalue weighted by Crippen LogP contribution is -2.40. The molecule has 8 heteroatoms. The molecule has 0 unspecified atom stereocenters. The quantitative estimate of drug-likeness (QED) is 0.322. The molecule has 0 spiro atoms. The fourth-order valence-corrected chi connectivity index (χ4v) is 3.78. The average Bonchev–Trinajstić information content (AvgIpc) is 2.89. The van der Waals surface area contributed by atoms with Crippen molar-refractivity contribution >= 4 is 52.2 Å². The number of benzene rings is 2. The van der Waals surface area contributed by atoms with Crippen LogP contribution in [0.1, 0.15) is 21.5 Å². The van der Waals surface area contributed by atoms with Crippen molar-refractivity contribution in [1.29, 1.82) is 0 Å². The predicted octanol–water partition coefficient (Wildman–Crippen LogP) is 2.17. The van der Waals surface area contributed by atoms with Crippen LogP contribution in [0.2, 0.25) is 0 Å². The third kappa shape index (κ3) is 4.65. The number of carboxylic acids is 1. The number of esters is 1. The van der Waals surface area contributed by atoms with Gasteiger partial charge in [0.05, 0.1) is 23.0 Å². The number of amides is 1. The second-order valence-corrected chi connectivity index (χ2v) is 7.65. The van der Waals surface area contributed by atoms with Crippen molar-refractivity contribution in [2.24, 2.45) is 0 Å². The van der Waals surface area contributed by atoms with E-state index in [0.717, 1.165) is 22.2 Å². The Morgan fingerprint density at radius 3 is 2.68 bits per heavy atom. The van der Waals surface area contributed by atoms with E-state index in [1.165, 1.54) is 0 Å². The van der Waals surface area contributed by atoms with Crippen LogP contribution in [0.3, 0.4) is 0 Å². The maximum absolute atomic E-state index is 12.3. The number of aryl methyl sites for hydroxylation is 1. The Balaban J connectivity index is 1.77. The normalized spacial score (nSPS) is 15.2. The molecule has 1 heterocycles. The Kier molecular flexibility index (Phi) is 5.91. The van der Waals surface area contributed by atoms with Crippen molar-refractivity contribution in [1.82, 2.24) is 4.90 Å². The zero-order valence-electron chi connectivity index (χ0n) is 14.7. The van der Waals surface area contributed by atoms with Gasteiger partial charge in [-0.1, -0.05) is 53.8 Å². The first-order chi connectivity index (χ1) is 13.3. The molecule has 2 aromatic carbocycles. The number of thioether (sulfide) groups is 1. The van der Waals surface area contributed by atoms with Crippen molar-refractivity contribution in [3.05, 3.63) is 70.1 Å². The second kappa shape index (κ2) is 8.37. The van der Waals surface area contributed by atoms with Gasteiger partial charge < -0.3 is 14.6 Å². The molecular weight excluding hydrogens is 398 g/mol. The van der Waals surface area contributed by atoms with Crippen LogP contribution in [0, 0.1) is 6.92 Å². The lowest BCUT2D eigenvalue weighted by atomic mass is 10.1. The standard InChI is InChI=1S/C20H15NO5S2/c1-12-4-2-6-14(8-12)19(25)26-15-7-3-5-13(9-15)10-16-18(24)21(11-17(22)23)20(27)28-16/h2-10H,11H2,1H3,(H,22,23)/p-1/b16-10-. The molecule has 0 aromatic heterocycles. The van der Waals surface area contributed by atoms with E-state index in [0.29, 0.717) is 16.9 Å². The van der Waals surface area contributed by atoms with Crippen molar-refractivity contribution in [2.75, 3.05) is 6.54 Å². The van der Waals surface area contributed by atoms with Crippen LogP contribution in [0.15, 0.2) is 53.4 Å². The first kappa shape index (κ1) is 19.8. The van der Waals surface area contributed by atoms with E-state index in [4.69, 9.17) is 17.0 Å².